The van der Waals surface area contributed by atoms with Crippen molar-refractivity contribution < 1.29 is 14.3 Å². The number of ether oxygens (including phenoxy) is 1. The second-order valence-electron chi connectivity index (χ2n) is 7.50. The Labute approximate surface area is 189 Å². The first-order chi connectivity index (χ1) is 13.6. The van der Waals surface area contributed by atoms with Crippen LogP contribution in [0.1, 0.15) is 37.7 Å². The Kier molecular flexibility index (Phi) is 9.19. The molecular formula is C21H31IN4O3. The van der Waals surface area contributed by atoms with Crippen LogP contribution in [-0.2, 0) is 20.9 Å². The maximum absolute atomic E-state index is 12.1. The van der Waals surface area contributed by atoms with Crippen LogP contribution in [0.25, 0.3) is 0 Å². The zero-order chi connectivity index (χ0) is 19.9. The van der Waals surface area contributed by atoms with Crippen LogP contribution in [-0.4, -0.2) is 50.0 Å². The summed E-state index contributed by atoms with van der Waals surface area (Å²) in [5.41, 5.74) is 1.92. The summed E-state index contributed by atoms with van der Waals surface area (Å²) in [6, 6.07) is 7.91. The van der Waals surface area contributed by atoms with Gasteiger partial charge >= 0.3 is 5.97 Å². The van der Waals surface area contributed by atoms with Gasteiger partial charge in [0, 0.05) is 38.3 Å². The molecule has 1 aromatic rings. The van der Waals surface area contributed by atoms with Crippen molar-refractivity contribution in [1.82, 2.24) is 10.2 Å². The molecule has 160 valence electrons. The van der Waals surface area contributed by atoms with Crippen LogP contribution in [0.5, 0.6) is 0 Å². The number of hydrogen-bond acceptors (Lipinski definition) is 4. The van der Waals surface area contributed by atoms with Crippen LogP contribution >= 0.6 is 24.0 Å². The molecule has 1 amide bonds. The van der Waals surface area contributed by atoms with Crippen molar-refractivity contribution >= 4 is 47.5 Å². The number of aliphatic imine (C=N–C) groups is 1. The molecular weight excluding hydrogens is 483 g/mol. The van der Waals surface area contributed by atoms with Gasteiger partial charge in [-0.05, 0) is 43.4 Å². The molecule has 7 nitrogen and oxygen atoms in total. The minimum absolute atomic E-state index is 0. The van der Waals surface area contributed by atoms with Gasteiger partial charge < -0.3 is 20.3 Å². The number of nitrogens with one attached hydrogen (secondary N) is 2. The van der Waals surface area contributed by atoms with Gasteiger partial charge in [-0.1, -0.05) is 18.6 Å². The van der Waals surface area contributed by atoms with E-state index >= 15 is 0 Å². The number of halogens is 1. The fourth-order valence-electron chi connectivity index (χ4n) is 3.68. The molecule has 0 spiro atoms. The third-order valence-electron chi connectivity index (χ3n) is 5.66. The van der Waals surface area contributed by atoms with Crippen molar-refractivity contribution in [1.29, 1.82) is 0 Å². The quantitative estimate of drug-likeness (QED) is 0.273. The van der Waals surface area contributed by atoms with Crippen LogP contribution in [0.15, 0.2) is 29.3 Å². The minimum atomic E-state index is -0.122. The Morgan fingerprint density at radius 3 is 2.48 bits per heavy atom. The molecule has 1 heterocycles. The van der Waals surface area contributed by atoms with Crippen LogP contribution in [0.4, 0.5) is 5.69 Å². The molecule has 1 saturated heterocycles. The Balaban J connectivity index is 0.00000300. The molecule has 0 unspecified atom stereocenters. The number of esters is 1. The number of carbonyl (C=O) groups excluding carboxylic acids is 2. The molecule has 2 aliphatic rings. The van der Waals surface area contributed by atoms with Crippen molar-refractivity contribution in [2.45, 2.75) is 38.6 Å². The highest BCUT2D eigenvalue weighted by atomic mass is 127. The number of guanidine groups is 1. The lowest BCUT2D eigenvalue weighted by Gasteiger charge is -2.33. The molecule has 0 radical (unpaired) electrons. The predicted molar refractivity (Wildman–Crippen MR) is 124 cm³/mol. The Morgan fingerprint density at radius 1 is 1.17 bits per heavy atom. The average molecular weight is 514 g/mol. The van der Waals surface area contributed by atoms with Crippen LogP contribution in [0, 0.1) is 11.8 Å². The fraction of sp³-hybridized carbons (Fsp3) is 0.571. The second-order valence-corrected chi connectivity index (χ2v) is 7.50. The molecule has 2 fully saturated rings. The van der Waals surface area contributed by atoms with E-state index < -0.39 is 0 Å². The van der Waals surface area contributed by atoms with E-state index in [0.29, 0.717) is 6.54 Å². The van der Waals surface area contributed by atoms with Gasteiger partial charge in [-0.2, -0.15) is 0 Å². The van der Waals surface area contributed by atoms with Gasteiger partial charge in [0.25, 0.3) is 0 Å². The largest absolute Gasteiger partial charge is 0.469 e. The lowest BCUT2D eigenvalue weighted by atomic mass is 9.85. The molecule has 29 heavy (non-hydrogen) atoms. The average Bonchev–Trinajstić information content (AvgIpc) is 2.67. The first kappa shape index (κ1) is 23.4. The highest BCUT2D eigenvalue weighted by Crippen LogP contribution is 2.27. The Hall–Kier alpha value is -1.84. The normalized spacial score (nSPS) is 17.7. The summed E-state index contributed by atoms with van der Waals surface area (Å²) in [5.74, 6) is 0.986. The van der Waals surface area contributed by atoms with Gasteiger partial charge in [0.05, 0.1) is 13.0 Å². The van der Waals surface area contributed by atoms with E-state index in [1.54, 1.807) is 7.05 Å². The SMILES string of the molecule is CN=C(NCc1cccc(NC(=O)C2CCC2)c1)N1CCC(C(=O)OC)CC1.I. The zero-order valence-electron chi connectivity index (χ0n) is 17.1. The number of methoxy groups -OCH3 is 1. The van der Waals surface area contributed by atoms with E-state index in [0.717, 1.165) is 62.4 Å². The summed E-state index contributed by atoms with van der Waals surface area (Å²) in [5, 5.41) is 6.41. The molecule has 1 aliphatic carbocycles. The molecule has 3 rings (SSSR count). The molecule has 0 bridgehead atoms. The number of hydrogen-bond donors (Lipinski definition) is 2. The fourth-order valence-corrected chi connectivity index (χ4v) is 3.68. The van der Waals surface area contributed by atoms with Crippen molar-refractivity contribution in [3.05, 3.63) is 29.8 Å². The van der Waals surface area contributed by atoms with E-state index in [4.69, 9.17) is 4.74 Å². The summed E-state index contributed by atoms with van der Waals surface area (Å²) < 4.78 is 4.85. The monoisotopic (exact) mass is 514 g/mol. The highest BCUT2D eigenvalue weighted by molar-refractivity contribution is 14.0. The maximum atomic E-state index is 12.1. The first-order valence-electron chi connectivity index (χ1n) is 10.0. The second kappa shape index (κ2) is 11.4. The van der Waals surface area contributed by atoms with Crippen molar-refractivity contribution in [3.8, 4) is 0 Å². The third kappa shape index (κ3) is 6.32. The van der Waals surface area contributed by atoms with Gasteiger partial charge in [-0.3, -0.25) is 14.6 Å². The first-order valence-corrected chi connectivity index (χ1v) is 10.0. The number of benzene rings is 1. The van der Waals surface area contributed by atoms with Gasteiger partial charge in [-0.25, -0.2) is 0 Å². The van der Waals surface area contributed by atoms with Gasteiger partial charge in [0.15, 0.2) is 5.96 Å². The number of nitrogens with zero attached hydrogens (tertiary/aromatic N) is 2. The topological polar surface area (TPSA) is 83.0 Å². The van der Waals surface area contributed by atoms with Gasteiger partial charge in [0.1, 0.15) is 0 Å². The summed E-state index contributed by atoms with van der Waals surface area (Å²) in [7, 11) is 3.21. The molecule has 8 heteroatoms. The summed E-state index contributed by atoms with van der Waals surface area (Å²) in [6.07, 6.45) is 4.69. The van der Waals surface area contributed by atoms with E-state index in [9.17, 15) is 9.59 Å². The zero-order valence-corrected chi connectivity index (χ0v) is 19.5. The standard InChI is InChI=1S/C21H30N4O3.HI/c1-22-21(25-11-9-17(10-12-25)20(27)28-2)23-14-15-5-3-8-18(13-15)24-19(26)16-6-4-7-16;/h3,5,8,13,16-17H,4,6-7,9-12,14H2,1-2H3,(H,22,23)(H,24,26);1H. The molecule has 1 aliphatic heterocycles. The number of rotatable bonds is 5. The molecule has 2 N–H and O–H groups in total. The summed E-state index contributed by atoms with van der Waals surface area (Å²) in [4.78, 5) is 30.4. The number of carbonyl (C=O) groups is 2. The van der Waals surface area contributed by atoms with Crippen molar-refractivity contribution in [2.75, 3.05) is 32.6 Å². The summed E-state index contributed by atoms with van der Waals surface area (Å²) >= 11 is 0. The smallest absolute Gasteiger partial charge is 0.308 e. The van der Waals surface area contributed by atoms with E-state index in [2.05, 4.69) is 20.5 Å². The number of likely N-dealkylation sites (tertiary alicyclic amines) is 1. The van der Waals surface area contributed by atoms with Crippen LogP contribution in [0.2, 0.25) is 0 Å². The number of amides is 1. The lowest BCUT2D eigenvalue weighted by Crippen LogP contribution is -2.46. The summed E-state index contributed by atoms with van der Waals surface area (Å²) in [6.45, 7) is 2.17. The Bertz CT molecular complexity index is 728. The molecule has 1 saturated carbocycles. The van der Waals surface area contributed by atoms with Crippen molar-refractivity contribution in [3.63, 3.8) is 0 Å². The van der Waals surface area contributed by atoms with Crippen molar-refractivity contribution in [2.24, 2.45) is 16.8 Å². The number of piperidine rings is 1. The molecule has 0 aromatic heterocycles. The van der Waals surface area contributed by atoms with E-state index in [-0.39, 0.29) is 47.7 Å². The number of anilines is 1. The molecule has 0 atom stereocenters. The minimum Gasteiger partial charge on any atom is -0.469 e. The third-order valence-corrected chi connectivity index (χ3v) is 5.66. The van der Waals surface area contributed by atoms with Gasteiger partial charge in [0.2, 0.25) is 5.91 Å². The molecule has 1 aromatic carbocycles. The maximum Gasteiger partial charge on any atom is 0.308 e. The van der Waals surface area contributed by atoms with Crippen LogP contribution < -0.4 is 10.6 Å². The lowest BCUT2D eigenvalue weighted by molar-refractivity contribution is -0.146. The van der Waals surface area contributed by atoms with E-state index in [1.165, 1.54) is 7.11 Å². The van der Waals surface area contributed by atoms with E-state index in [1.807, 2.05) is 24.3 Å². The predicted octanol–water partition coefficient (Wildman–Crippen LogP) is 3.00. The highest BCUT2D eigenvalue weighted by Gasteiger charge is 2.27. The van der Waals surface area contributed by atoms with Crippen LogP contribution in [0.3, 0.4) is 0 Å². The van der Waals surface area contributed by atoms with Gasteiger partial charge in [-0.15, -0.1) is 24.0 Å². The Morgan fingerprint density at radius 2 is 1.90 bits per heavy atom.